The predicted molar refractivity (Wildman–Crippen MR) is 173 cm³/mol. The summed E-state index contributed by atoms with van der Waals surface area (Å²) in [5, 5.41) is 72.4. The highest BCUT2D eigenvalue weighted by molar-refractivity contribution is 5.88. The Kier molecular flexibility index (Phi) is 13.6. The Morgan fingerprint density at radius 2 is 1.38 bits per heavy atom. The second-order valence-corrected chi connectivity index (χ2v) is 11.5. The second-order valence-electron chi connectivity index (χ2n) is 11.5. The van der Waals surface area contributed by atoms with Gasteiger partial charge in [-0.3, -0.25) is 4.79 Å². The van der Waals surface area contributed by atoms with E-state index >= 15 is 0 Å². The van der Waals surface area contributed by atoms with Crippen LogP contribution in [0.4, 0.5) is 0 Å². The van der Waals surface area contributed by atoms with E-state index < -0.39 is 92.5 Å². The number of phenols is 2. The number of methoxy groups -OCH3 is 2. The third kappa shape index (κ3) is 9.35. The van der Waals surface area contributed by atoms with E-state index in [-0.39, 0.29) is 23.0 Å². The van der Waals surface area contributed by atoms with Crippen LogP contribution in [-0.2, 0) is 42.8 Å². The fourth-order valence-corrected chi connectivity index (χ4v) is 5.37. The first-order valence-corrected chi connectivity index (χ1v) is 15.7. The first-order valence-electron chi connectivity index (χ1n) is 15.7. The highest BCUT2D eigenvalue weighted by Gasteiger charge is 2.61. The largest absolute Gasteiger partial charge is 0.504 e. The van der Waals surface area contributed by atoms with E-state index in [1.807, 2.05) is 0 Å². The Labute approximate surface area is 296 Å². The van der Waals surface area contributed by atoms with Crippen molar-refractivity contribution in [1.82, 2.24) is 0 Å². The van der Waals surface area contributed by atoms with Gasteiger partial charge in [-0.2, -0.15) is 0 Å². The summed E-state index contributed by atoms with van der Waals surface area (Å²) in [5.74, 6) is -5.52. The molecule has 2 aliphatic heterocycles. The van der Waals surface area contributed by atoms with E-state index in [9.17, 15) is 50.1 Å². The molecule has 2 fully saturated rings. The molecule has 52 heavy (non-hydrogen) atoms. The molecule has 0 radical (unpaired) electrons. The minimum absolute atomic E-state index is 0.112. The number of aromatic hydroxyl groups is 2. The monoisotopic (exact) mass is 736 g/mol. The summed E-state index contributed by atoms with van der Waals surface area (Å²) in [6, 6.07) is 8.49. The van der Waals surface area contributed by atoms with E-state index in [4.69, 9.17) is 37.9 Å². The average molecular weight is 737 g/mol. The SMILES string of the molecule is COc1cc(/C=C/C(=O)OC[C@H]2O[C@@](CO)(O[C@H]3O[C@H](CO)[C@@H](O)[C@H](O)[C@H]3OC(C)=O)[C@@H](OC(=O)/C=C/c3ccc(O)c(OC)c3)[C@@H]2O)ccc1O. The maximum absolute atomic E-state index is 13.1. The number of benzene rings is 2. The highest BCUT2D eigenvalue weighted by Crippen LogP contribution is 2.39. The molecule has 9 atom stereocenters. The molecule has 0 saturated carbocycles. The van der Waals surface area contributed by atoms with Gasteiger partial charge < -0.3 is 73.6 Å². The molecule has 284 valence electrons. The molecule has 2 aromatic rings. The van der Waals surface area contributed by atoms with Gasteiger partial charge in [-0.05, 0) is 47.5 Å². The lowest BCUT2D eigenvalue weighted by Crippen LogP contribution is -2.64. The molecule has 0 aromatic heterocycles. The normalized spacial score (nSPS) is 28.8. The molecule has 2 heterocycles. The van der Waals surface area contributed by atoms with Gasteiger partial charge >= 0.3 is 17.9 Å². The fourth-order valence-electron chi connectivity index (χ4n) is 5.37. The van der Waals surface area contributed by atoms with Gasteiger partial charge in [0.25, 0.3) is 0 Å². The van der Waals surface area contributed by atoms with Gasteiger partial charge in [-0.1, -0.05) is 12.1 Å². The lowest BCUT2D eigenvalue weighted by Gasteiger charge is -2.44. The number of aliphatic hydroxyl groups excluding tert-OH is 5. The zero-order valence-electron chi connectivity index (χ0n) is 28.1. The molecule has 18 heteroatoms. The lowest BCUT2D eigenvalue weighted by atomic mass is 9.98. The lowest BCUT2D eigenvalue weighted by molar-refractivity contribution is -0.383. The quantitative estimate of drug-likeness (QED) is 0.0706. The Hall–Kier alpha value is -4.79. The molecule has 0 amide bonds. The second kappa shape index (κ2) is 17.6. The van der Waals surface area contributed by atoms with Gasteiger partial charge in [0.1, 0.15) is 43.7 Å². The third-order valence-electron chi connectivity index (χ3n) is 8.00. The van der Waals surface area contributed by atoms with Gasteiger partial charge in [-0.25, -0.2) is 9.59 Å². The Morgan fingerprint density at radius 3 is 1.90 bits per heavy atom. The van der Waals surface area contributed by atoms with Crippen LogP contribution < -0.4 is 9.47 Å². The molecule has 4 rings (SSSR count). The van der Waals surface area contributed by atoms with E-state index in [1.165, 1.54) is 62.8 Å². The molecule has 0 unspecified atom stereocenters. The molecular weight excluding hydrogens is 696 g/mol. The number of hydrogen-bond donors (Lipinski definition) is 7. The predicted octanol–water partition coefficient (Wildman–Crippen LogP) is -0.868. The van der Waals surface area contributed by atoms with Gasteiger partial charge in [0.15, 0.2) is 35.2 Å². The van der Waals surface area contributed by atoms with Crippen molar-refractivity contribution < 1.29 is 88.0 Å². The van der Waals surface area contributed by atoms with E-state index in [0.717, 1.165) is 19.1 Å². The van der Waals surface area contributed by atoms with Crippen molar-refractivity contribution in [2.75, 3.05) is 34.0 Å². The molecule has 0 spiro atoms. The molecule has 0 aliphatic carbocycles. The van der Waals surface area contributed by atoms with Crippen LogP contribution in [-0.4, -0.2) is 142 Å². The summed E-state index contributed by atoms with van der Waals surface area (Å²) in [5.41, 5.74) is 0.857. The van der Waals surface area contributed by atoms with Gasteiger partial charge in [-0.15, -0.1) is 0 Å². The van der Waals surface area contributed by atoms with Crippen LogP contribution in [0.5, 0.6) is 23.0 Å². The topological polar surface area (TPSA) is 267 Å². The van der Waals surface area contributed by atoms with E-state index in [1.54, 1.807) is 0 Å². The van der Waals surface area contributed by atoms with Crippen molar-refractivity contribution >= 4 is 30.1 Å². The number of phenolic OH excluding ortho intramolecular Hbond substituents is 2. The standard InChI is InChI=1S/C34H40O18/c1-17(37)48-31-30(44)28(42)24(14-35)49-33(31)52-34(16-36)32(50-27(41)11-7-19-5-9-21(39)23(13-19)46-3)29(43)25(51-34)15-47-26(40)10-6-18-4-8-20(38)22(12-18)45-2/h4-13,24-25,28-33,35-36,38-39,42-44H,14-16H2,1-3H3/b10-6+,11-7+/t24-,25-,28-,29-,30+,31-,32+,33-,34+/m1/s1. The van der Waals surface area contributed by atoms with Crippen molar-refractivity contribution in [3.05, 3.63) is 59.7 Å². The van der Waals surface area contributed by atoms with Crippen molar-refractivity contribution in [2.24, 2.45) is 0 Å². The van der Waals surface area contributed by atoms with Crippen molar-refractivity contribution in [1.29, 1.82) is 0 Å². The number of hydrogen-bond acceptors (Lipinski definition) is 18. The van der Waals surface area contributed by atoms with Crippen LogP contribution in [0.1, 0.15) is 18.1 Å². The number of esters is 3. The molecule has 2 saturated heterocycles. The van der Waals surface area contributed by atoms with E-state index in [0.29, 0.717) is 11.1 Å². The van der Waals surface area contributed by atoms with Crippen molar-refractivity contribution in [3.8, 4) is 23.0 Å². The van der Waals surface area contributed by atoms with Crippen LogP contribution >= 0.6 is 0 Å². The van der Waals surface area contributed by atoms with Gasteiger partial charge in [0.05, 0.1) is 20.8 Å². The molecular formula is C34H40O18. The highest BCUT2D eigenvalue weighted by atomic mass is 16.8. The van der Waals surface area contributed by atoms with Gasteiger partial charge in [0, 0.05) is 19.1 Å². The van der Waals surface area contributed by atoms with Crippen LogP contribution in [0.15, 0.2) is 48.6 Å². The Morgan fingerprint density at radius 1 is 0.808 bits per heavy atom. The smallest absolute Gasteiger partial charge is 0.331 e. The minimum Gasteiger partial charge on any atom is -0.504 e. The Balaban J connectivity index is 1.59. The summed E-state index contributed by atoms with van der Waals surface area (Å²) < 4.78 is 43.2. The van der Waals surface area contributed by atoms with E-state index in [2.05, 4.69) is 0 Å². The molecule has 7 N–H and O–H groups in total. The minimum atomic E-state index is -2.55. The summed E-state index contributed by atoms with van der Waals surface area (Å²) in [6.07, 6.45) is -9.51. The summed E-state index contributed by atoms with van der Waals surface area (Å²) in [7, 11) is 2.68. The number of rotatable bonds is 14. The van der Waals surface area contributed by atoms with Gasteiger partial charge in [0.2, 0.25) is 12.1 Å². The molecule has 0 bridgehead atoms. The first-order chi connectivity index (χ1) is 24.7. The van der Waals surface area contributed by atoms with Crippen LogP contribution in [0, 0.1) is 0 Å². The third-order valence-corrected chi connectivity index (χ3v) is 8.00. The van der Waals surface area contributed by atoms with Crippen LogP contribution in [0.25, 0.3) is 12.2 Å². The maximum atomic E-state index is 13.1. The summed E-state index contributed by atoms with van der Waals surface area (Å²) in [6.45, 7) is -1.72. The summed E-state index contributed by atoms with van der Waals surface area (Å²) in [4.78, 5) is 37.6. The first kappa shape index (κ1) is 40.0. The number of carbonyl (C=O) groups excluding carboxylic acids is 3. The average Bonchev–Trinajstić information content (AvgIpc) is 3.38. The Bertz CT molecular complexity index is 1630. The zero-order chi connectivity index (χ0) is 38.2. The molecule has 2 aromatic carbocycles. The number of carbonyl (C=O) groups is 3. The van der Waals surface area contributed by atoms with Crippen molar-refractivity contribution in [2.45, 2.75) is 61.7 Å². The van der Waals surface area contributed by atoms with Crippen molar-refractivity contribution in [3.63, 3.8) is 0 Å². The zero-order valence-corrected chi connectivity index (χ0v) is 28.1. The maximum Gasteiger partial charge on any atom is 0.331 e. The molecule has 2 aliphatic rings. The van der Waals surface area contributed by atoms with Crippen LogP contribution in [0.3, 0.4) is 0 Å². The number of aliphatic hydroxyl groups is 5. The van der Waals surface area contributed by atoms with Crippen LogP contribution in [0.2, 0.25) is 0 Å². The number of ether oxygens (including phenoxy) is 8. The molecule has 18 nitrogen and oxygen atoms in total. The fraction of sp³-hybridized carbons (Fsp3) is 0.441. The summed E-state index contributed by atoms with van der Waals surface area (Å²) >= 11 is 0.